The molecule has 0 bridgehead atoms. The first-order valence-electron chi connectivity index (χ1n) is 9.74. The molecule has 1 aromatic rings. The summed E-state index contributed by atoms with van der Waals surface area (Å²) in [5.41, 5.74) is 4.79. The molecule has 0 radical (unpaired) electrons. The van der Waals surface area contributed by atoms with Crippen LogP contribution in [-0.4, -0.2) is 11.7 Å². The summed E-state index contributed by atoms with van der Waals surface area (Å²) in [5.74, 6) is 1.20. The van der Waals surface area contributed by atoms with E-state index in [1.54, 1.807) is 0 Å². The van der Waals surface area contributed by atoms with Crippen LogP contribution in [0.15, 0.2) is 35.4 Å². The number of hydrogen-bond acceptors (Lipinski definition) is 2. The Morgan fingerprint density at radius 2 is 1.84 bits per heavy atom. The van der Waals surface area contributed by atoms with E-state index in [-0.39, 0.29) is 0 Å². The molecule has 2 heteroatoms. The molecule has 140 valence electrons. The molecule has 0 aliphatic carbocycles. The number of rotatable bonds is 11. The highest BCUT2D eigenvalue weighted by molar-refractivity contribution is 5.48. The van der Waals surface area contributed by atoms with Crippen LogP contribution in [0.2, 0.25) is 0 Å². The molecule has 0 spiro atoms. The van der Waals surface area contributed by atoms with E-state index >= 15 is 0 Å². The number of ether oxygens (including phenoxy) is 1. The lowest BCUT2D eigenvalue weighted by Gasteiger charge is -2.14. The van der Waals surface area contributed by atoms with Gasteiger partial charge in [-0.2, -0.15) is 0 Å². The van der Waals surface area contributed by atoms with Gasteiger partial charge in [0.05, 0.1) is 6.61 Å². The Balaban J connectivity index is 2.84. The second kappa shape index (κ2) is 11.8. The largest absolute Gasteiger partial charge is 0.508 e. The molecule has 0 aliphatic heterocycles. The van der Waals surface area contributed by atoms with Crippen LogP contribution in [0.4, 0.5) is 0 Å². The van der Waals surface area contributed by atoms with Crippen LogP contribution in [0.1, 0.15) is 77.8 Å². The lowest BCUT2D eigenvalue weighted by Crippen LogP contribution is -1.99. The zero-order chi connectivity index (χ0) is 18.7. The van der Waals surface area contributed by atoms with Gasteiger partial charge in [0.1, 0.15) is 11.5 Å². The summed E-state index contributed by atoms with van der Waals surface area (Å²) in [4.78, 5) is 0. The van der Waals surface area contributed by atoms with Gasteiger partial charge >= 0.3 is 0 Å². The molecule has 1 aromatic carbocycles. The quantitative estimate of drug-likeness (QED) is 0.355. The Bertz CT molecular complexity index is 578. The van der Waals surface area contributed by atoms with E-state index in [1.165, 1.54) is 29.6 Å². The summed E-state index contributed by atoms with van der Waals surface area (Å²) in [5, 5.41) is 10.5. The SMILES string of the molecule is CCCCCc1cc(O)c(C/C=C(\C)CCC=C(C)C)c(OCC)c1. The van der Waals surface area contributed by atoms with Crippen molar-refractivity contribution < 1.29 is 9.84 Å². The van der Waals surface area contributed by atoms with Crippen molar-refractivity contribution in [2.45, 2.75) is 79.6 Å². The third kappa shape index (κ3) is 8.29. The van der Waals surface area contributed by atoms with Gasteiger partial charge in [0.15, 0.2) is 0 Å². The van der Waals surface area contributed by atoms with E-state index in [9.17, 15) is 5.11 Å². The highest BCUT2D eigenvalue weighted by atomic mass is 16.5. The Labute approximate surface area is 154 Å². The van der Waals surface area contributed by atoms with Gasteiger partial charge in [-0.25, -0.2) is 0 Å². The molecule has 0 unspecified atom stereocenters. The number of unbranched alkanes of at least 4 members (excludes halogenated alkanes) is 2. The van der Waals surface area contributed by atoms with Gasteiger partial charge in [-0.15, -0.1) is 0 Å². The Morgan fingerprint density at radius 1 is 1.08 bits per heavy atom. The standard InChI is InChI=1S/C23H36O2/c1-6-8-9-13-20-16-22(24)21(23(17-20)25-7-2)15-14-19(5)12-10-11-18(3)4/h11,14,16-17,24H,6-10,12-13,15H2,1-5H3/b19-14+. The maximum atomic E-state index is 10.5. The molecule has 0 heterocycles. The normalized spacial score (nSPS) is 11.5. The summed E-state index contributed by atoms with van der Waals surface area (Å²) < 4.78 is 5.81. The van der Waals surface area contributed by atoms with Crippen LogP contribution in [-0.2, 0) is 12.8 Å². The highest BCUT2D eigenvalue weighted by Crippen LogP contribution is 2.32. The van der Waals surface area contributed by atoms with Gasteiger partial charge in [0.25, 0.3) is 0 Å². The van der Waals surface area contributed by atoms with Gasteiger partial charge < -0.3 is 9.84 Å². The van der Waals surface area contributed by atoms with E-state index < -0.39 is 0 Å². The molecule has 2 nitrogen and oxygen atoms in total. The van der Waals surface area contributed by atoms with Crippen LogP contribution < -0.4 is 4.74 Å². The number of phenolic OH excluding ortho intramolecular Hbond substituents is 1. The average molecular weight is 345 g/mol. The lowest BCUT2D eigenvalue weighted by atomic mass is 10.00. The van der Waals surface area contributed by atoms with Crippen molar-refractivity contribution in [3.8, 4) is 11.5 Å². The Hall–Kier alpha value is -1.70. The molecule has 0 aliphatic rings. The predicted octanol–water partition coefficient (Wildman–Crippen LogP) is 6.76. The second-order valence-electron chi connectivity index (χ2n) is 7.06. The molecule has 1 N–H and O–H groups in total. The van der Waals surface area contributed by atoms with Crippen molar-refractivity contribution in [2.75, 3.05) is 6.61 Å². The first-order valence-corrected chi connectivity index (χ1v) is 9.74. The zero-order valence-electron chi connectivity index (χ0n) is 16.8. The van der Waals surface area contributed by atoms with E-state index in [0.717, 1.165) is 43.4 Å². The molecule has 1 rings (SSSR count). The molecule has 0 aromatic heterocycles. The Kier molecular flexibility index (Phi) is 10.1. The highest BCUT2D eigenvalue weighted by Gasteiger charge is 2.11. The first kappa shape index (κ1) is 21.3. The number of aryl methyl sites for hydroxylation is 1. The molecule has 0 atom stereocenters. The minimum Gasteiger partial charge on any atom is -0.508 e. The number of allylic oxidation sites excluding steroid dienone is 4. The fraction of sp³-hybridized carbons (Fsp3) is 0.565. The van der Waals surface area contributed by atoms with Crippen molar-refractivity contribution in [1.29, 1.82) is 0 Å². The number of hydrogen-bond donors (Lipinski definition) is 1. The van der Waals surface area contributed by atoms with Crippen LogP contribution >= 0.6 is 0 Å². The Morgan fingerprint density at radius 3 is 2.48 bits per heavy atom. The monoisotopic (exact) mass is 344 g/mol. The van der Waals surface area contributed by atoms with Crippen LogP contribution in [0.5, 0.6) is 11.5 Å². The predicted molar refractivity (Wildman–Crippen MR) is 109 cm³/mol. The molecular formula is C23H36O2. The van der Waals surface area contributed by atoms with E-state index in [4.69, 9.17) is 4.74 Å². The molecule has 0 saturated carbocycles. The molecule has 0 fully saturated rings. The van der Waals surface area contributed by atoms with Crippen LogP contribution in [0.25, 0.3) is 0 Å². The van der Waals surface area contributed by atoms with E-state index in [0.29, 0.717) is 12.4 Å². The van der Waals surface area contributed by atoms with Crippen molar-refractivity contribution in [1.82, 2.24) is 0 Å². The number of phenols is 1. The van der Waals surface area contributed by atoms with Crippen molar-refractivity contribution in [3.05, 3.63) is 46.6 Å². The maximum Gasteiger partial charge on any atom is 0.126 e. The fourth-order valence-corrected chi connectivity index (χ4v) is 2.87. The number of benzene rings is 1. The van der Waals surface area contributed by atoms with Gasteiger partial charge in [0, 0.05) is 5.56 Å². The lowest BCUT2D eigenvalue weighted by molar-refractivity contribution is 0.333. The average Bonchev–Trinajstić information content (AvgIpc) is 2.54. The van der Waals surface area contributed by atoms with Crippen molar-refractivity contribution in [3.63, 3.8) is 0 Å². The summed E-state index contributed by atoms with van der Waals surface area (Å²) in [6.45, 7) is 11.2. The van der Waals surface area contributed by atoms with Gasteiger partial charge in [-0.05, 0) is 77.5 Å². The van der Waals surface area contributed by atoms with Crippen LogP contribution in [0.3, 0.4) is 0 Å². The summed E-state index contributed by atoms with van der Waals surface area (Å²) >= 11 is 0. The topological polar surface area (TPSA) is 29.5 Å². The molecule has 25 heavy (non-hydrogen) atoms. The zero-order valence-corrected chi connectivity index (χ0v) is 16.8. The minimum absolute atomic E-state index is 0.366. The third-order valence-corrected chi connectivity index (χ3v) is 4.36. The van der Waals surface area contributed by atoms with Gasteiger partial charge in [-0.3, -0.25) is 0 Å². The third-order valence-electron chi connectivity index (χ3n) is 4.36. The fourth-order valence-electron chi connectivity index (χ4n) is 2.87. The number of aromatic hydroxyl groups is 1. The van der Waals surface area contributed by atoms with Crippen molar-refractivity contribution in [2.24, 2.45) is 0 Å². The van der Waals surface area contributed by atoms with Gasteiger partial charge in [-0.1, -0.05) is 43.1 Å². The maximum absolute atomic E-state index is 10.5. The summed E-state index contributed by atoms with van der Waals surface area (Å²) in [6, 6.07) is 4.03. The minimum atomic E-state index is 0.366. The summed E-state index contributed by atoms with van der Waals surface area (Å²) in [7, 11) is 0. The first-order chi connectivity index (χ1) is 12.0. The van der Waals surface area contributed by atoms with E-state index in [1.807, 2.05) is 13.0 Å². The van der Waals surface area contributed by atoms with Crippen LogP contribution in [0, 0.1) is 0 Å². The molecular weight excluding hydrogens is 308 g/mol. The summed E-state index contributed by atoms with van der Waals surface area (Å²) in [6.07, 6.45) is 11.9. The second-order valence-corrected chi connectivity index (χ2v) is 7.06. The molecule has 0 saturated heterocycles. The molecule has 0 amide bonds. The van der Waals surface area contributed by atoms with Gasteiger partial charge in [0.2, 0.25) is 0 Å². The smallest absolute Gasteiger partial charge is 0.126 e. The van der Waals surface area contributed by atoms with Crippen molar-refractivity contribution >= 4 is 0 Å². The van der Waals surface area contributed by atoms with E-state index in [2.05, 4.69) is 45.9 Å².